The Labute approximate surface area is 203 Å². The lowest BCUT2D eigenvalue weighted by Crippen LogP contribution is -2.46. The van der Waals surface area contributed by atoms with E-state index in [1.807, 2.05) is 23.0 Å². The summed E-state index contributed by atoms with van der Waals surface area (Å²) in [6.45, 7) is 3.46. The van der Waals surface area contributed by atoms with Crippen LogP contribution < -0.4 is 10.2 Å². The molecule has 1 fully saturated rings. The fraction of sp³-hybridized carbons (Fsp3) is 0.269. The van der Waals surface area contributed by atoms with Gasteiger partial charge in [-0.2, -0.15) is 5.10 Å². The maximum atomic E-state index is 5.92. The lowest BCUT2D eigenvalue weighted by Gasteiger charge is -2.35. The average molecular weight is 469 g/mol. The number of morpholine rings is 1. The number of nitrogens with zero attached hydrogens (tertiary/aromatic N) is 6. The molecule has 0 amide bonds. The van der Waals surface area contributed by atoms with Crippen LogP contribution in [-0.4, -0.2) is 75.9 Å². The van der Waals surface area contributed by atoms with Crippen molar-refractivity contribution in [3.63, 3.8) is 0 Å². The third kappa shape index (κ3) is 4.43. The van der Waals surface area contributed by atoms with E-state index in [9.17, 15) is 0 Å². The first-order chi connectivity index (χ1) is 17.1. The van der Waals surface area contributed by atoms with E-state index in [-0.39, 0.29) is 6.10 Å². The molecular weight excluding hydrogens is 440 g/mol. The molecule has 3 aromatic heterocycles. The monoisotopic (exact) mass is 468 g/mol. The van der Waals surface area contributed by atoms with Gasteiger partial charge >= 0.3 is 0 Å². The van der Waals surface area contributed by atoms with Gasteiger partial charge in [-0.15, -0.1) is 0 Å². The first-order valence-corrected chi connectivity index (χ1v) is 11.8. The molecule has 1 saturated heterocycles. The van der Waals surface area contributed by atoms with E-state index < -0.39 is 0 Å². The van der Waals surface area contributed by atoms with Gasteiger partial charge in [-0.05, 0) is 44.4 Å². The van der Waals surface area contributed by atoms with Gasteiger partial charge in [-0.1, -0.05) is 12.1 Å². The Hall–Kier alpha value is -3.95. The third-order valence-corrected chi connectivity index (χ3v) is 6.31. The summed E-state index contributed by atoms with van der Waals surface area (Å²) in [6.07, 6.45) is 7.76. The summed E-state index contributed by atoms with van der Waals surface area (Å²) in [4.78, 5) is 14.0. The van der Waals surface area contributed by atoms with Gasteiger partial charge in [-0.3, -0.25) is 5.10 Å². The van der Waals surface area contributed by atoms with E-state index in [2.05, 4.69) is 86.9 Å². The summed E-state index contributed by atoms with van der Waals surface area (Å²) in [5.41, 5.74) is 5.78. The van der Waals surface area contributed by atoms with E-state index in [0.29, 0.717) is 5.82 Å². The number of ether oxygens (including phenoxy) is 1. The van der Waals surface area contributed by atoms with Gasteiger partial charge in [0.15, 0.2) is 11.5 Å². The summed E-state index contributed by atoms with van der Waals surface area (Å²) in [5.74, 6) is 0.711. The largest absolute Gasteiger partial charge is 0.373 e. The first-order valence-electron chi connectivity index (χ1n) is 11.8. The lowest BCUT2D eigenvalue weighted by molar-refractivity contribution is 0.0248. The van der Waals surface area contributed by atoms with Gasteiger partial charge in [0.05, 0.1) is 30.1 Å². The predicted octanol–water partition coefficient (Wildman–Crippen LogP) is 3.78. The van der Waals surface area contributed by atoms with Crippen molar-refractivity contribution in [3.8, 4) is 11.3 Å². The second-order valence-corrected chi connectivity index (χ2v) is 9.18. The second kappa shape index (κ2) is 9.01. The number of hydrogen-bond acceptors (Lipinski definition) is 7. The molecule has 9 nitrogen and oxygen atoms in total. The van der Waals surface area contributed by atoms with Crippen molar-refractivity contribution in [2.45, 2.75) is 6.10 Å². The summed E-state index contributed by atoms with van der Waals surface area (Å²) < 4.78 is 7.92. The standard InChI is InChI=1S/C26H28N8O/c1-32(2)15-22-16-33(11-12-35-22)21-7-5-20(6-8-21)29-25-26-27-9-10-34(26)17-24(30-25)18-3-4-19-14-28-31-23(19)13-18/h3-10,13-14,17,22H,11-12,15-16H2,1-2H3,(H,28,31)(H,29,30)/t22-/m1/s1. The number of imidazole rings is 1. The van der Waals surface area contributed by atoms with Crippen LogP contribution in [0, 0.1) is 0 Å². The lowest BCUT2D eigenvalue weighted by atomic mass is 10.1. The molecule has 9 heteroatoms. The molecular formula is C26H28N8O. The van der Waals surface area contributed by atoms with Crippen molar-refractivity contribution in [2.24, 2.45) is 0 Å². The van der Waals surface area contributed by atoms with Crippen LogP contribution in [0.25, 0.3) is 27.8 Å². The van der Waals surface area contributed by atoms with Crippen molar-refractivity contribution < 1.29 is 4.74 Å². The van der Waals surface area contributed by atoms with Crippen LogP contribution in [-0.2, 0) is 4.74 Å². The van der Waals surface area contributed by atoms with Gasteiger partial charge in [0.1, 0.15) is 0 Å². The fourth-order valence-corrected chi connectivity index (χ4v) is 4.61. The minimum atomic E-state index is 0.221. The quantitative estimate of drug-likeness (QED) is 0.392. The summed E-state index contributed by atoms with van der Waals surface area (Å²) >= 11 is 0. The zero-order valence-electron chi connectivity index (χ0n) is 19.8. The molecule has 1 aliphatic heterocycles. The minimum absolute atomic E-state index is 0.221. The Kier molecular flexibility index (Phi) is 5.55. The molecule has 6 rings (SSSR count). The van der Waals surface area contributed by atoms with Crippen molar-refractivity contribution in [3.05, 3.63) is 67.3 Å². The number of anilines is 3. The summed E-state index contributed by atoms with van der Waals surface area (Å²) in [6, 6.07) is 14.7. The number of aromatic nitrogens is 5. The summed E-state index contributed by atoms with van der Waals surface area (Å²) in [5, 5.41) is 11.7. The predicted molar refractivity (Wildman–Crippen MR) is 138 cm³/mol. The van der Waals surface area contributed by atoms with Crippen LogP contribution in [0.3, 0.4) is 0 Å². The molecule has 0 bridgehead atoms. The second-order valence-electron chi connectivity index (χ2n) is 9.18. The van der Waals surface area contributed by atoms with E-state index in [4.69, 9.17) is 9.72 Å². The number of H-pyrrole nitrogens is 1. The molecule has 0 spiro atoms. The highest BCUT2D eigenvalue weighted by Gasteiger charge is 2.21. The maximum Gasteiger partial charge on any atom is 0.180 e. The van der Waals surface area contributed by atoms with Crippen molar-refractivity contribution in [2.75, 3.05) is 50.6 Å². The van der Waals surface area contributed by atoms with Crippen molar-refractivity contribution >= 4 is 33.7 Å². The highest BCUT2D eigenvalue weighted by Crippen LogP contribution is 2.28. The van der Waals surface area contributed by atoms with Crippen LogP contribution >= 0.6 is 0 Å². The van der Waals surface area contributed by atoms with Crippen molar-refractivity contribution in [1.29, 1.82) is 0 Å². The Morgan fingerprint density at radius 3 is 2.91 bits per heavy atom. The number of likely N-dealkylation sites (N-methyl/N-ethyl adjacent to an activating group) is 1. The fourth-order valence-electron chi connectivity index (χ4n) is 4.61. The molecule has 5 aromatic rings. The number of rotatable bonds is 6. The summed E-state index contributed by atoms with van der Waals surface area (Å²) in [7, 11) is 4.16. The van der Waals surface area contributed by atoms with Crippen LogP contribution in [0.2, 0.25) is 0 Å². The topological polar surface area (TPSA) is 86.6 Å². The number of nitrogens with one attached hydrogen (secondary N) is 2. The van der Waals surface area contributed by atoms with Crippen molar-refractivity contribution in [1.82, 2.24) is 29.5 Å². The van der Waals surface area contributed by atoms with Gasteiger partial charge in [0.25, 0.3) is 0 Å². The number of fused-ring (bicyclic) bond motifs is 2. The molecule has 0 aliphatic carbocycles. The highest BCUT2D eigenvalue weighted by atomic mass is 16.5. The van der Waals surface area contributed by atoms with E-state index in [1.54, 1.807) is 6.20 Å². The highest BCUT2D eigenvalue weighted by molar-refractivity contribution is 5.84. The molecule has 35 heavy (non-hydrogen) atoms. The molecule has 1 atom stereocenters. The van der Waals surface area contributed by atoms with Gasteiger partial charge in [-0.25, -0.2) is 9.97 Å². The molecule has 0 radical (unpaired) electrons. The molecule has 2 aromatic carbocycles. The van der Waals surface area contributed by atoms with Gasteiger partial charge < -0.3 is 24.3 Å². The minimum Gasteiger partial charge on any atom is -0.373 e. The van der Waals surface area contributed by atoms with E-state index in [0.717, 1.165) is 59.7 Å². The molecule has 0 unspecified atom stereocenters. The third-order valence-electron chi connectivity index (χ3n) is 6.31. The zero-order chi connectivity index (χ0) is 23.8. The smallest absolute Gasteiger partial charge is 0.180 e. The first kappa shape index (κ1) is 21.6. The Balaban J connectivity index is 1.25. The molecule has 0 saturated carbocycles. The average Bonchev–Trinajstić information content (AvgIpc) is 3.53. The van der Waals surface area contributed by atoms with Gasteiger partial charge in [0.2, 0.25) is 0 Å². The SMILES string of the molecule is CN(C)C[C@@H]1CN(c2ccc(Nc3nc(-c4ccc5cn[nH]c5c4)cn4ccnc34)cc2)CCO1. The molecule has 4 heterocycles. The Bertz CT molecular complexity index is 1460. The molecule has 178 valence electrons. The molecule has 2 N–H and O–H groups in total. The Morgan fingerprint density at radius 1 is 1.17 bits per heavy atom. The zero-order valence-corrected chi connectivity index (χ0v) is 19.8. The van der Waals surface area contributed by atoms with E-state index >= 15 is 0 Å². The number of benzene rings is 2. The maximum absolute atomic E-state index is 5.92. The normalized spacial score (nSPS) is 16.4. The number of aromatic amines is 1. The van der Waals surface area contributed by atoms with Crippen LogP contribution in [0.4, 0.5) is 17.2 Å². The molecule has 1 aliphatic rings. The number of hydrogen-bond donors (Lipinski definition) is 2. The Morgan fingerprint density at radius 2 is 2.06 bits per heavy atom. The van der Waals surface area contributed by atoms with Crippen LogP contribution in [0.1, 0.15) is 0 Å². The van der Waals surface area contributed by atoms with E-state index in [1.165, 1.54) is 5.69 Å². The van der Waals surface area contributed by atoms with Gasteiger partial charge in [0, 0.05) is 60.5 Å². The van der Waals surface area contributed by atoms with Crippen LogP contribution in [0.5, 0.6) is 0 Å². The van der Waals surface area contributed by atoms with Crippen LogP contribution in [0.15, 0.2) is 67.3 Å².